The third kappa shape index (κ3) is 2.31. The Hall–Kier alpha value is -2.26. The van der Waals surface area contributed by atoms with Crippen LogP contribution in [0, 0.1) is 11.8 Å². The van der Waals surface area contributed by atoms with Gasteiger partial charge in [0.25, 0.3) is 5.56 Å². The number of aryl methyl sites for hydroxylation is 1. The minimum absolute atomic E-state index is 0.138. The maximum absolute atomic E-state index is 12.5. The number of hydrogen-bond donors (Lipinski definition) is 1. The fraction of sp³-hybridized carbons (Fsp3) is 0.500. The molecule has 2 N–H and O–H groups in total. The van der Waals surface area contributed by atoms with Crippen molar-refractivity contribution in [3.63, 3.8) is 0 Å². The Balaban J connectivity index is 1.60. The number of nitrogens with zero attached hydrogens (tertiary/aromatic N) is 6. The van der Waals surface area contributed by atoms with Crippen molar-refractivity contribution in [3.8, 4) is 0 Å². The first-order valence-electron chi connectivity index (χ1n) is 7.59. The van der Waals surface area contributed by atoms with Gasteiger partial charge in [-0.05, 0) is 18.4 Å². The van der Waals surface area contributed by atoms with Gasteiger partial charge in [-0.2, -0.15) is 4.98 Å². The van der Waals surface area contributed by atoms with E-state index in [2.05, 4.69) is 20.1 Å². The number of alkyl halides is 1. The Labute approximate surface area is 141 Å². The molecule has 3 heterocycles. The summed E-state index contributed by atoms with van der Waals surface area (Å²) in [5.41, 5.74) is 6.37. The molecule has 0 saturated heterocycles. The van der Waals surface area contributed by atoms with Crippen molar-refractivity contribution >= 4 is 22.8 Å². The molecule has 1 aliphatic carbocycles. The van der Waals surface area contributed by atoms with Crippen LogP contribution in [0.3, 0.4) is 0 Å². The van der Waals surface area contributed by atoms with E-state index in [9.17, 15) is 4.79 Å². The van der Waals surface area contributed by atoms with Crippen molar-refractivity contribution in [2.24, 2.45) is 24.6 Å². The number of rotatable bonds is 5. The summed E-state index contributed by atoms with van der Waals surface area (Å²) in [4.78, 5) is 25.1. The number of halogens is 1. The summed E-state index contributed by atoms with van der Waals surface area (Å²) in [6, 6.07) is 0. The Morgan fingerprint density at radius 2 is 2.12 bits per heavy atom. The van der Waals surface area contributed by atoms with Crippen LogP contribution in [0.1, 0.15) is 17.6 Å². The minimum Gasteiger partial charge on any atom is -0.337 e. The maximum atomic E-state index is 12.5. The zero-order valence-corrected chi connectivity index (χ0v) is 13.7. The van der Waals surface area contributed by atoms with Crippen LogP contribution in [0.15, 0.2) is 22.0 Å². The molecule has 0 aromatic carbocycles. The second kappa shape index (κ2) is 5.67. The summed E-state index contributed by atoms with van der Waals surface area (Å²) in [6.07, 6.45) is 2.99. The van der Waals surface area contributed by atoms with E-state index in [1.165, 1.54) is 10.9 Å². The van der Waals surface area contributed by atoms with Crippen molar-refractivity contribution in [3.05, 3.63) is 34.7 Å². The Kier molecular flexibility index (Phi) is 3.61. The standard InChI is InChI=1S/C14H16ClN7O2/c1-21-5-17-13-11(21)14(23)22(6-18-13)4-9-19-12(20-24-9)10-7(2-15)8(10)3-16/h5-8,10H,2-4,16H2,1H3/t7-,8+,10+/m1/s1. The first-order valence-corrected chi connectivity index (χ1v) is 8.12. The lowest BCUT2D eigenvalue weighted by Gasteiger charge is -2.01. The Morgan fingerprint density at radius 3 is 2.83 bits per heavy atom. The Morgan fingerprint density at radius 1 is 1.33 bits per heavy atom. The van der Waals surface area contributed by atoms with Crippen LogP contribution in [-0.2, 0) is 13.6 Å². The lowest BCUT2D eigenvalue weighted by atomic mass is 10.3. The maximum Gasteiger partial charge on any atom is 0.280 e. The lowest BCUT2D eigenvalue weighted by Crippen LogP contribution is -2.22. The largest absolute Gasteiger partial charge is 0.337 e. The molecule has 24 heavy (non-hydrogen) atoms. The van der Waals surface area contributed by atoms with E-state index < -0.39 is 0 Å². The fourth-order valence-corrected chi connectivity index (χ4v) is 3.58. The van der Waals surface area contributed by atoms with E-state index >= 15 is 0 Å². The third-order valence-electron chi connectivity index (χ3n) is 4.57. The van der Waals surface area contributed by atoms with Crippen molar-refractivity contribution < 1.29 is 4.52 Å². The van der Waals surface area contributed by atoms with Crippen LogP contribution in [0.25, 0.3) is 11.2 Å². The fourth-order valence-electron chi connectivity index (χ4n) is 3.16. The molecule has 0 spiro atoms. The molecule has 3 aromatic heterocycles. The molecule has 0 unspecified atom stereocenters. The highest BCUT2D eigenvalue weighted by Gasteiger charge is 2.52. The number of nitrogens with two attached hydrogens (primary N) is 1. The molecule has 1 saturated carbocycles. The van der Waals surface area contributed by atoms with Crippen molar-refractivity contribution in [2.75, 3.05) is 12.4 Å². The van der Waals surface area contributed by atoms with Gasteiger partial charge < -0.3 is 14.8 Å². The van der Waals surface area contributed by atoms with E-state index in [1.54, 1.807) is 17.9 Å². The van der Waals surface area contributed by atoms with Crippen LogP contribution in [0.2, 0.25) is 0 Å². The topological polar surface area (TPSA) is 118 Å². The number of imidazole rings is 1. The van der Waals surface area contributed by atoms with Gasteiger partial charge in [-0.3, -0.25) is 9.36 Å². The smallest absolute Gasteiger partial charge is 0.280 e. The quantitative estimate of drug-likeness (QED) is 0.648. The third-order valence-corrected chi connectivity index (χ3v) is 4.93. The highest BCUT2D eigenvalue weighted by atomic mass is 35.5. The summed E-state index contributed by atoms with van der Waals surface area (Å²) in [6.45, 7) is 0.706. The van der Waals surface area contributed by atoms with Gasteiger partial charge in [0.05, 0.1) is 6.33 Å². The summed E-state index contributed by atoms with van der Waals surface area (Å²) in [7, 11) is 1.75. The second-order valence-electron chi connectivity index (χ2n) is 6.00. The summed E-state index contributed by atoms with van der Waals surface area (Å²) < 4.78 is 8.34. The molecule has 1 fully saturated rings. The SMILES string of the molecule is Cn1cnc2ncn(Cc3nc([C@H]4[C@H](CCl)[C@@H]4CN)no3)c(=O)c21. The second-order valence-corrected chi connectivity index (χ2v) is 6.30. The molecular formula is C14H16ClN7O2. The van der Waals surface area contributed by atoms with Crippen molar-refractivity contribution in [1.82, 2.24) is 29.2 Å². The normalized spacial score (nSPS) is 23.0. The molecule has 9 nitrogen and oxygen atoms in total. The average molecular weight is 350 g/mol. The van der Waals surface area contributed by atoms with Crippen LogP contribution in [0.5, 0.6) is 0 Å². The average Bonchev–Trinajstić information content (AvgIpc) is 2.87. The van der Waals surface area contributed by atoms with Gasteiger partial charge in [0.1, 0.15) is 12.9 Å². The van der Waals surface area contributed by atoms with Gasteiger partial charge in [-0.1, -0.05) is 5.16 Å². The van der Waals surface area contributed by atoms with Gasteiger partial charge in [0.2, 0.25) is 5.89 Å². The number of fused-ring (bicyclic) bond motifs is 1. The van der Waals surface area contributed by atoms with Gasteiger partial charge in [0, 0.05) is 18.8 Å². The van der Waals surface area contributed by atoms with Crippen molar-refractivity contribution in [1.29, 1.82) is 0 Å². The van der Waals surface area contributed by atoms with E-state index in [-0.39, 0.29) is 23.9 Å². The molecular weight excluding hydrogens is 334 g/mol. The molecule has 10 heteroatoms. The molecule has 0 radical (unpaired) electrons. The van der Waals surface area contributed by atoms with Gasteiger partial charge in [-0.25, -0.2) is 9.97 Å². The molecule has 126 valence electrons. The highest BCUT2D eigenvalue weighted by Crippen LogP contribution is 2.52. The van der Waals surface area contributed by atoms with E-state index in [1.807, 2.05) is 0 Å². The first kappa shape index (κ1) is 15.3. The Bertz CT molecular complexity index is 936. The molecule has 0 bridgehead atoms. The molecule has 0 aliphatic heterocycles. The highest BCUT2D eigenvalue weighted by molar-refractivity contribution is 6.18. The van der Waals surface area contributed by atoms with Crippen LogP contribution in [-0.4, -0.2) is 41.7 Å². The molecule has 3 atom stereocenters. The predicted molar refractivity (Wildman–Crippen MR) is 85.7 cm³/mol. The van der Waals surface area contributed by atoms with Gasteiger partial charge in [0.15, 0.2) is 17.0 Å². The van der Waals surface area contributed by atoms with E-state index in [0.29, 0.717) is 41.2 Å². The van der Waals surface area contributed by atoms with Crippen molar-refractivity contribution in [2.45, 2.75) is 12.5 Å². The van der Waals surface area contributed by atoms with Crippen LogP contribution in [0.4, 0.5) is 0 Å². The van der Waals surface area contributed by atoms with Crippen LogP contribution >= 0.6 is 11.6 Å². The molecule has 1 aliphatic rings. The minimum atomic E-state index is -0.204. The summed E-state index contributed by atoms with van der Waals surface area (Å²) in [5.74, 6) is 2.21. The summed E-state index contributed by atoms with van der Waals surface area (Å²) in [5, 5.41) is 4.02. The zero-order valence-electron chi connectivity index (χ0n) is 13.0. The first-order chi connectivity index (χ1) is 11.6. The molecule has 3 aromatic rings. The monoisotopic (exact) mass is 349 g/mol. The predicted octanol–water partition coefficient (Wildman–Crippen LogP) is 0.0884. The number of hydrogen-bond acceptors (Lipinski definition) is 7. The van der Waals surface area contributed by atoms with Gasteiger partial charge in [-0.15, -0.1) is 11.6 Å². The van der Waals surface area contributed by atoms with Gasteiger partial charge >= 0.3 is 0 Å². The van der Waals surface area contributed by atoms with E-state index in [4.69, 9.17) is 21.9 Å². The molecule has 4 rings (SSSR count). The summed E-state index contributed by atoms with van der Waals surface area (Å²) >= 11 is 5.93. The number of aromatic nitrogens is 6. The lowest BCUT2D eigenvalue weighted by molar-refractivity contribution is 0.364. The van der Waals surface area contributed by atoms with Crippen LogP contribution < -0.4 is 11.3 Å². The van der Waals surface area contributed by atoms with E-state index in [0.717, 1.165) is 0 Å². The zero-order chi connectivity index (χ0) is 16.8. The molecule has 0 amide bonds.